The predicted octanol–water partition coefficient (Wildman–Crippen LogP) is 15.6. The standard InChI is InChI=1S/C59H37NOS/c61-59(58-57(50-19-9-11-21-56(50)62-58)45-28-31-55-51(34-45)49-18-8-10-20-54(49)60(55)46-16-2-1-3-17-46)52-35-43(41-24-22-37-12-4-6-14-39(37)32-41)26-29-47(52)48-30-27-44(36-53(48)59)42-25-23-38-13-5-7-15-40(38)33-42/h1-36,61H. The molecule has 0 spiro atoms. The third-order valence-electron chi connectivity index (χ3n) is 13.2. The lowest BCUT2D eigenvalue weighted by atomic mass is 9.83. The number of hydrogen-bond donors (Lipinski definition) is 1. The molecular weight excluding hydrogens is 771 g/mol. The largest absolute Gasteiger partial charge is 0.375 e. The molecule has 12 aromatic rings. The van der Waals surface area contributed by atoms with Gasteiger partial charge in [-0.25, -0.2) is 0 Å². The Morgan fingerprint density at radius 2 is 0.871 bits per heavy atom. The average Bonchev–Trinajstić information content (AvgIpc) is 3.97. The number of para-hydroxylation sites is 2. The van der Waals surface area contributed by atoms with Crippen molar-refractivity contribution in [2.75, 3.05) is 0 Å². The Bertz CT molecular complexity index is 3650. The molecule has 2 aromatic heterocycles. The molecule has 10 aromatic carbocycles. The van der Waals surface area contributed by atoms with Crippen LogP contribution in [0.3, 0.4) is 0 Å². The van der Waals surface area contributed by atoms with E-state index in [0.717, 1.165) is 81.8 Å². The summed E-state index contributed by atoms with van der Waals surface area (Å²) in [6, 6.07) is 78.6. The lowest BCUT2D eigenvalue weighted by Gasteiger charge is -2.27. The van der Waals surface area contributed by atoms with Gasteiger partial charge in [-0.1, -0.05) is 158 Å². The number of rotatable bonds is 5. The summed E-state index contributed by atoms with van der Waals surface area (Å²) < 4.78 is 3.50. The van der Waals surface area contributed by atoms with E-state index in [2.05, 4.69) is 223 Å². The van der Waals surface area contributed by atoms with Crippen LogP contribution in [-0.4, -0.2) is 9.67 Å². The van der Waals surface area contributed by atoms with Crippen molar-refractivity contribution in [1.29, 1.82) is 0 Å². The van der Waals surface area contributed by atoms with E-state index >= 15 is 0 Å². The SMILES string of the molecule is OC1(c2sc3ccccc3c2-c2ccc3c(c2)c2ccccc2n3-c2ccccc2)c2cc(-c3ccc4ccccc4c3)ccc2-c2ccc(-c3ccc4ccccc4c3)cc21. The summed E-state index contributed by atoms with van der Waals surface area (Å²) >= 11 is 1.70. The smallest absolute Gasteiger partial charge is 0.151 e. The van der Waals surface area contributed by atoms with Crippen molar-refractivity contribution in [3.63, 3.8) is 0 Å². The van der Waals surface area contributed by atoms with E-state index in [1.54, 1.807) is 11.3 Å². The molecule has 0 radical (unpaired) electrons. The highest BCUT2D eigenvalue weighted by Crippen LogP contribution is 2.58. The molecule has 0 saturated heterocycles. The zero-order valence-electron chi connectivity index (χ0n) is 33.6. The maximum absolute atomic E-state index is 14.2. The van der Waals surface area contributed by atoms with Crippen LogP contribution in [0.2, 0.25) is 0 Å². The number of benzene rings is 10. The number of aromatic nitrogens is 1. The number of thiophene rings is 1. The zero-order valence-corrected chi connectivity index (χ0v) is 34.4. The van der Waals surface area contributed by atoms with E-state index in [0.29, 0.717) is 0 Å². The maximum Gasteiger partial charge on any atom is 0.151 e. The minimum absolute atomic E-state index is 0.906. The van der Waals surface area contributed by atoms with Crippen LogP contribution in [0.5, 0.6) is 0 Å². The lowest BCUT2D eigenvalue weighted by molar-refractivity contribution is 0.135. The fourth-order valence-electron chi connectivity index (χ4n) is 10.2. The van der Waals surface area contributed by atoms with Crippen molar-refractivity contribution in [2.24, 2.45) is 0 Å². The monoisotopic (exact) mass is 807 g/mol. The Labute approximate surface area is 362 Å². The summed E-state index contributed by atoms with van der Waals surface area (Å²) in [5.41, 5.74) is 12.5. The second-order valence-electron chi connectivity index (χ2n) is 16.6. The Balaban J connectivity index is 1.07. The molecule has 0 bridgehead atoms. The van der Waals surface area contributed by atoms with Crippen LogP contribution in [0.1, 0.15) is 16.0 Å². The van der Waals surface area contributed by atoms with Crippen LogP contribution in [-0.2, 0) is 5.60 Å². The highest BCUT2D eigenvalue weighted by atomic mass is 32.1. The van der Waals surface area contributed by atoms with E-state index in [9.17, 15) is 5.11 Å². The van der Waals surface area contributed by atoms with Crippen LogP contribution >= 0.6 is 11.3 Å². The Morgan fingerprint density at radius 1 is 0.371 bits per heavy atom. The third kappa shape index (κ3) is 5.19. The number of aliphatic hydroxyl groups is 1. The number of nitrogens with zero attached hydrogens (tertiary/aromatic N) is 1. The summed E-state index contributed by atoms with van der Waals surface area (Å²) in [4.78, 5) is 0.927. The molecule has 1 N–H and O–H groups in total. The van der Waals surface area contributed by atoms with E-state index in [4.69, 9.17) is 0 Å². The molecule has 2 nitrogen and oxygen atoms in total. The van der Waals surface area contributed by atoms with Gasteiger partial charge in [0.25, 0.3) is 0 Å². The molecule has 290 valence electrons. The van der Waals surface area contributed by atoms with Crippen molar-refractivity contribution >= 4 is 64.8 Å². The first-order chi connectivity index (χ1) is 30.6. The van der Waals surface area contributed by atoms with E-state index in [1.807, 2.05) is 0 Å². The zero-order chi connectivity index (χ0) is 40.9. The van der Waals surface area contributed by atoms with Crippen LogP contribution in [0, 0.1) is 0 Å². The molecule has 0 saturated carbocycles. The van der Waals surface area contributed by atoms with Gasteiger partial charge < -0.3 is 9.67 Å². The minimum Gasteiger partial charge on any atom is -0.375 e. The third-order valence-corrected chi connectivity index (χ3v) is 14.5. The van der Waals surface area contributed by atoms with Crippen LogP contribution < -0.4 is 0 Å². The van der Waals surface area contributed by atoms with Gasteiger partial charge in [0.05, 0.1) is 15.9 Å². The van der Waals surface area contributed by atoms with Crippen molar-refractivity contribution in [3.8, 4) is 50.2 Å². The molecule has 13 rings (SSSR count). The van der Waals surface area contributed by atoms with Crippen LogP contribution in [0.15, 0.2) is 218 Å². The van der Waals surface area contributed by atoms with Gasteiger partial charge in [-0.05, 0) is 121 Å². The van der Waals surface area contributed by atoms with Crippen molar-refractivity contribution in [2.45, 2.75) is 5.60 Å². The number of hydrogen-bond acceptors (Lipinski definition) is 2. The molecule has 0 unspecified atom stereocenters. The Kier molecular flexibility index (Phi) is 7.65. The van der Waals surface area contributed by atoms with E-state index in [1.165, 1.54) is 37.8 Å². The first kappa shape index (κ1) is 35.2. The summed E-state index contributed by atoms with van der Waals surface area (Å²) in [5.74, 6) is 0. The summed E-state index contributed by atoms with van der Waals surface area (Å²) in [6.45, 7) is 0. The van der Waals surface area contributed by atoms with Gasteiger partial charge in [0.15, 0.2) is 5.60 Å². The van der Waals surface area contributed by atoms with Gasteiger partial charge in [-0.15, -0.1) is 11.3 Å². The van der Waals surface area contributed by atoms with Crippen molar-refractivity contribution < 1.29 is 5.11 Å². The fourth-order valence-corrected chi connectivity index (χ4v) is 11.6. The first-order valence-electron chi connectivity index (χ1n) is 21.2. The molecule has 0 atom stereocenters. The van der Waals surface area contributed by atoms with E-state index < -0.39 is 5.60 Å². The fraction of sp³-hybridized carbons (Fsp3) is 0.0169. The molecular formula is C59H37NOS. The van der Waals surface area contributed by atoms with Gasteiger partial charge in [0, 0.05) is 43.2 Å². The topological polar surface area (TPSA) is 25.2 Å². The highest BCUT2D eigenvalue weighted by molar-refractivity contribution is 7.20. The van der Waals surface area contributed by atoms with Gasteiger partial charge >= 0.3 is 0 Å². The van der Waals surface area contributed by atoms with Crippen molar-refractivity contribution in [1.82, 2.24) is 4.57 Å². The lowest BCUT2D eigenvalue weighted by Crippen LogP contribution is -2.26. The molecule has 0 aliphatic heterocycles. The van der Waals surface area contributed by atoms with E-state index in [-0.39, 0.29) is 0 Å². The Hall–Kier alpha value is -7.56. The van der Waals surface area contributed by atoms with Gasteiger partial charge in [-0.3, -0.25) is 0 Å². The summed E-state index contributed by atoms with van der Waals surface area (Å²) in [6.07, 6.45) is 0. The summed E-state index contributed by atoms with van der Waals surface area (Å²) in [5, 5.41) is 22.6. The van der Waals surface area contributed by atoms with Gasteiger partial charge in [0.2, 0.25) is 0 Å². The molecule has 1 aliphatic rings. The van der Waals surface area contributed by atoms with Crippen LogP contribution in [0.25, 0.3) is 104 Å². The summed E-state index contributed by atoms with van der Waals surface area (Å²) in [7, 11) is 0. The molecule has 62 heavy (non-hydrogen) atoms. The normalized spacial score (nSPS) is 13.0. The molecule has 2 heterocycles. The minimum atomic E-state index is -1.46. The maximum atomic E-state index is 14.2. The first-order valence-corrected chi connectivity index (χ1v) is 22.0. The highest BCUT2D eigenvalue weighted by Gasteiger charge is 2.46. The Morgan fingerprint density at radius 3 is 1.53 bits per heavy atom. The van der Waals surface area contributed by atoms with Gasteiger partial charge in [-0.2, -0.15) is 0 Å². The molecule has 1 aliphatic carbocycles. The predicted molar refractivity (Wildman–Crippen MR) is 261 cm³/mol. The van der Waals surface area contributed by atoms with Gasteiger partial charge in [0.1, 0.15) is 0 Å². The number of fused-ring (bicyclic) bond motifs is 9. The molecule has 0 fully saturated rings. The van der Waals surface area contributed by atoms with Crippen molar-refractivity contribution in [3.05, 3.63) is 234 Å². The quantitative estimate of drug-likeness (QED) is 0.184. The second kappa shape index (κ2) is 13.5. The molecule has 3 heteroatoms. The second-order valence-corrected chi connectivity index (χ2v) is 17.6. The average molecular weight is 808 g/mol. The van der Waals surface area contributed by atoms with Crippen LogP contribution in [0.4, 0.5) is 0 Å². The molecule has 0 amide bonds.